The summed E-state index contributed by atoms with van der Waals surface area (Å²) in [6.07, 6.45) is 3.05. The van der Waals surface area contributed by atoms with Gasteiger partial charge in [0.05, 0.1) is 13.2 Å². The van der Waals surface area contributed by atoms with Gasteiger partial charge in [-0.05, 0) is 50.9 Å². The Morgan fingerprint density at radius 2 is 2.13 bits per heavy atom. The van der Waals surface area contributed by atoms with E-state index < -0.39 is 0 Å². The molecule has 0 aromatic heterocycles. The lowest BCUT2D eigenvalue weighted by atomic mass is 10.1. The fraction of sp³-hybridized carbons (Fsp3) is 0.588. The van der Waals surface area contributed by atoms with Crippen LogP contribution >= 0.6 is 12.4 Å². The Kier molecular flexibility index (Phi) is 8.81. The van der Waals surface area contributed by atoms with E-state index in [0.717, 1.165) is 32.4 Å². The molecular weight excluding hydrogens is 316 g/mol. The molecule has 1 aliphatic heterocycles. The largest absolute Gasteiger partial charge is 0.490 e. The molecule has 130 valence electrons. The summed E-state index contributed by atoms with van der Waals surface area (Å²) in [5.74, 6) is 1.27. The van der Waals surface area contributed by atoms with Crippen LogP contribution in [0.15, 0.2) is 18.2 Å². The summed E-state index contributed by atoms with van der Waals surface area (Å²) in [5.41, 5.74) is 0.609. The van der Waals surface area contributed by atoms with E-state index in [1.54, 1.807) is 12.1 Å². The summed E-state index contributed by atoms with van der Waals surface area (Å²) in [6, 6.07) is 5.57. The van der Waals surface area contributed by atoms with Crippen LogP contribution in [-0.2, 0) is 0 Å². The average Bonchev–Trinajstić information content (AvgIpc) is 2.55. The first-order valence-corrected chi connectivity index (χ1v) is 8.15. The number of carbonyl (C=O) groups excluding carboxylic acids is 1. The molecule has 2 N–H and O–H groups in total. The van der Waals surface area contributed by atoms with Crippen molar-refractivity contribution in [1.29, 1.82) is 0 Å². The van der Waals surface area contributed by atoms with E-state index in [1.807, 2.05) is 13.0 Å². The zero-order valence-corrected chi connectivity index (χ0v) is 14.7. The Balaban J connectivity index is 0.00000264. The highest BCUT2D eigenvalue weighted by Crippen LogP contribution is 2.28. The lowest BCUT2D eigenvalue weighted by molar-refractivity contribution is 0.0930. The fourth-order valence-electron chi connectivity index (χ4n) is 2.49. The molecule has 0 unspecified atom stereocenters. The Hall–Kier alpha value is -1.46. The van der Waals surface area contributed by atoms with Crippen LogP contribution in [0.25, 0.3) is 0 Å². The summed E-state index contributed by atoms with van der Waals surface area (Å²) >= 11 is 0. The Labute approximate surface area is 144 Å². The van der Waals surface area contributed by atoms with Crippen molar-refractivity contribution in [3.05, 3.63) is 23.8 Å². The first-order chi connectivity index (χ1) is 10.7. The van der Waals surface area contributed by atoms with Gasteiger partial charge in [-0.1, -0.05) is 6.92 Å². The zero-order chi connectivity index (χ0) is 15.8. The molecule has 1 aromatic rings. The molecule has 1 fully saturated rings. The summed E-state index contributed by atoms with van der Waals surface area (Å²) < 4.78 is 11.3. The van der Waals surface area contributed by atoms with Crippen molar-refractivity contribution in [3.63, 3.8) is 0 Å². The predicted molar refractivity (Wildman–Crippen MR) is 94.0 cm³/mol. The van der Waals surface area contributed by atoms with Crippen LogP contribution in [-0.4, -0.2) is 38.3 Å². The third kappa shape index (κ3) is 5.92. The van der Waals surface area contributed by atoms with Gasteiger partial charge in [0.1, 0.15) is 0 Å². The van der Waals surface area contributed by atoms with Gasteiger partial charge >= 0.3 is 0 Å². The van der Waals surface area contributed by atoms with Gasteiger partial charge in [0.2, 0.25) is 0 Å². The molecule has 1 atom stereocenters. The van der Waals surface area contributed by atoms with Crippen molar-refractivity contribution in [3.8, 4) is 11.5 Å². The van der Waals surface area contributed by atoms with Crippen LogP contribution in [0.2, 0.25) is 0 Å². The molecular formula is C17H27ClN2O3. The Morgan fingerprint density at radius 3 is 2.78 bits per heavy atom. The number of carbonyl (C=O) groups is 1. The maximum Gasteiger partial charge on any atom is 0.251 e. The number of halogens is 1. The minimum absolute atomic E-state index is 0. The fourth-order valence-corrected chi connectivity index (χ4v) is 2.49. The van der Waals surface area contributed by atoms with Gasteiger partial charge in [0, 0.05) is 18.2 Å². The number of piperidine rings is 1. The normalized spacial score (nSPS) is 17.0. The third-order valence-electron chi connectivity index (χ3n) is 3.60. The number of benzene rings is 1. The topological polar surface area (TPSA) is 59.6 Å². The molecule has 6 heteroatoms. The van der Waals surface area contributed by atoms with Crippen molar-refractivity contribution in [2.24, 2.45) is 0 Å². The van der Waals surface area contributed by atoms with Gasteiger partial charge in [-0.15, -0.1) is 12.4 Å². The molecule has 1 aliphatic rings. The van der Waals surface area contributed by atoms with Gasteiger partial charge in [0.15, 0.2) is 11.5 Å². The molecule has 0 radical (unpaired) electrons. The second-order valence-corrected chi connectivity index (χ2v) is 5.46. The summed E-state index contributed by atoms with van der Waals surface area (Å²) in [6.45, 7) is 7.02. The van der Waals surface area contributed by atoms with E-state index in [-0.39, 0.29) is 24.4 Å². The number of nitrogens with one attached hydrogen (secondary N) is 2. The molecule has 0 spiro atoms. The Bertz CT molecular complexity index is 491. The highest BCUT2D eigenvalue weighted by molar-refractivity contribution is 5.95. The van der Waals surface area contributed by atoms with Gasteiger partial charge in [-0.2, -0.15) is 0 Å². The smallest absolute Gasteiger partial charge is 0.251 e. The minimum atomic E-state index is -0.0586. The standard InChI is InChI=1S/C17H26N2O3.ClH/c1-3-10-22-15-8-7-13(11-16(15)21-4-2)17(20)19-14-6-5-9-18-12-14;/h7-8,11,14,18H,3-6,9-10,12H2,1-2H3,(H,19,20);1H/t14-;/m0./s1. The summed E-state index contributed by atoms with van der Waals surface area (Å²) in [4.78, 5) is 12.4. The maximum atomic E-state index is 12.4. The van der Waals surface area contributed by atoms with Crippen molar-refractivity contribution in [2.45, 2.75) is 39.2 Å². The number of amides is 1. The Morgan fingerprint density at radius 1 is 1.30 bits per heavy atom. The maximum absolute atomic E-state index is 12.4. The van der Waals surface area contributed by atoms with Crippen LogP contribution in [0, 0.1) is 0 Å². The van der Waals surface area contributed by atoms with E-state index in [2.05, 4.69) is 17.6 Å². The van der Waals surface area contributed by atoms with Crippen LogP contribution in [0.1, 0.15) is 43.5 Å². The first kappa shape index (κ1) is 19.6. The van der Waals surface area contributed by atoms with Gasteiger partial charge in [-0.3, -0.25) is 4.79 Å². The highest BCUT2D eigenvalue weighted by atomic mass is 35.5. The SMILES string of the molecule is CCCOc1ccc(C(=O)N[C@H]2CCCNC2)cc1OCC.Cl. The number of ether oxygens (including phenoxy) is 2. The average molecular weight is 343 g/mol. The van der Waals surface area contributed by atoms with Gasteiger partial charge < -0.3 is 20.1 Å². The van der Waals surface area contributed by atoms with E-state index >= 15 is 0 Å². The number of hydrogen-bond donors (Lipinski definition) is 2. The molecule has 0 aliphatic carbocycles. The van der Waals surface area contributed by atoms with Crippen LogP contribution < -0.4 is 20.1 Å². The minimum Gasteiger partial charge on any atom is -0.490 e. The molecule has 1 saturated heterocycles. The number of hydrogen-bond acceptors (Lipinski definition) is 4. The lowest BCUT2D eigenvalue weighted by Gasteiger charge is -2.24. The van der Waals surface area contributed by atoms with Crippen molar-refractivity contribution < 1.29 is 14.3 Å². The molecule has 23 heavy (non-hydrogen) atoms. The highest BCUT2D eigenvalue weighted by Gasteiger charge is 2.17. The molecule has 1 amide bonds. The monoisotopic (exact) mass is 342 g/mol. The van der Waals surface area contributed by atoms with Crippen LogP contribution in [0.5, 0.6) is 11.5 Å². The zero-order valence-electron chi connectivity index (χ0n) is 13.9. The quantitative estimate of drug-likeness (QED) is 0.800. The molecule has 5 nitrogen and oxygen atoms in total. The first-order valence-electron chi connectivity index (χ1n) is 8.15. The second kappa shape index (κ2) is 10.3. The summed E-state index contributed by atoms with van der Waals surface area (Å²) in [5, 5.41) is 6.37. The predicted octanol–water partition coefficient (Wildman–Crippen LogP) is 2.78. The van der Waals surface area contributed by atoms with E-state index in [9.17, 15) is 4.79 Å². The second-order valence-electron chi connectivity index (χ2n) is 5.46. The van der Waals surface area contributed by atoms with Crippen molar-refractivity contribution in [2.75, 3.05) is 26.3 Å². The molecule has 1 heterocycles. The van der Waals surface area contributed by atoms with Crippen molar-refractivity contribution >= 4 is 18.3 Å². The van der Waals surface area contributed by atoms with Gasteiger partial charge in [-0.25, -0.2) is 0 Å². The lowest BCUT2D eigenvalue weighted by Crippen LogP contribution is -2.45. The van der Waals surface area contributed by atoms with Crippen LogP contribution in [0.3, 0.4) is 0 Å². The summed E-state index contributed by atoms with van der Waals surface area (Å²) in [7, 11) is 0. The van der Waals surface area contributed by atoms with Gasteiger partial charge in [0.25, 0.3) is 5.91 Å². The number of rotatable bonds is 7. The van der Waals surface area contributed by atoms with E-state index in [4.69, 9.17) is 9.47 Å². The molecule has 1 aromatic carbocycles. The van der Waals surface area contributed by atoms with E-state index in [0.29, 0.717) is 30.3 Å². The van der Waals surface area contributed by atoms with E-state index in [1.165, 1.54) is 0 Å². The third-order valence-corrected chi connectivity index (χ3v) is 3.60. The molecule has 0 saturated carbocycles. The molecule has 2 rings (SSSR count). The van der Waals surface area contributed by atoms with Crippen LogP contribution in [0.4, 0.5) is 0 Å². The molecule has 0 bridgehead atoms. The van der Waals surface area contributed by atoms with Crippen molar-refractivity contribution in [1.82, 2.24) is 10.6 Å².